The monoisotopic (exact) mass is 279 g/mol. The maximum absolute atomic E-state index is 13.0. The van der Waals surface area contributed by atoms with Gasteiger partial charge in [0.25, 0.3) is 0 Å². The van der Waals surface area contributed by atoms with Crippen LogP contribution in [-0.4, -0.2) is 26.3 Å². The zero-order valence-electron chi connectivity index (χ0n) is 12.6. The highest BCUT2D eigenvalue weighted by atomic mass is 19.1. The number of hydrogen-bond acceptors (Lipinski definition) is 2. The average Bonchev–Trinajstić information content (AvgIpc) is 2.42. The second kappa shape index (κ2) is 7.19. The average molecular weight is 279 g/mol. The van der Waals surface area contributed by atoms with Crippen LogP contribution in [0.3, 0.4) is 0 Å². The number of rotatable bonds is 6. The van der Waals surface area contributed by atoms with Crippen LogP contribution < -0.4 is 5.32 Å². The SMILES string of the molecule is CC(C)CNCC1(Cc2ccc(F)cc2)CCOCC1. The second-order valence-corrected chi connectivity index (χ2v) is 6.44. The first-order valence-electron chi connectivity index (χ1n) is 7.63. The van der Waals surface area contributed by atoms with Crippen LogP contribution in [0.25, 0.3) is 0 Å². The molecule has 1 fully saturated rings. The molecular formula is C17H26FNO. The Morgan fingerprint density at radius 3 is 2.45 bits per heavy atom. The Kier molecular flexibility index (Phi) is 5.55. The summed E-state index contributed by atoms with van der Waals surface area (Å²) in [6.45, 7) is 8.19. The topological polar surface area (TPSA) is 21.3 Å². The van der Waals surface area contributed by atoms with Gasteiger partial charge in [-0.15, -0.1) is 0 Å². The molecule has 1 aliphatic rings. The molecule has 0 saturated carbocycles. The van der Waals surface area contributed by atoms with Crippen LogP contribution in [0.4, 0.5) is 4.39 Å². The summed E-state index contributed by atoms with van der Waals surface area (Å²) in [5.41, 5.74) is 1.48. The van der Waals surface area contributed by atoms with Crippen LogP contribution in [0.15, 0.2) is 24.3 Å². The second-order valence-electron chi connectivity index (χ2n) is 6.44. The first-order chi connectivity index (χ1) is 9.60. The third kappa shape index (κ3) is 4.57. The van der Waals surface area contributed by atoms with E-state index >= 15 is 0 Å². The molecule has 0 atom stereocenters. The van der Waals surface area contributed by atoms with E-state index in [-0.39, 0.29) is 11.2 Å². The van der Waals surface area contributed by atoms with Crippen molar-refractivity contribution in [2.45, 2.75) is 33.1 Å². The Labute approximate surface area is 121 Å². The van der Waals surface area contributed by atoms with E-state index in [0.29, 0.717) is 5.92 Å². The standard InChI is InChI=1S/C17H26FNO/c1-14(2)12-19-13-17(7-9-20-10-8-17)11-15-3-5-16(18)6-4-15/h3-6,14,19H,7-13H2,1-2H3. The maximum Gasteiger partial charge on any atom is 0.123 e. The molecule has 1 aromatic carbocycles. The summed E-state index contributed by atoms with van der Waals surface area (Å²) in [6, 6.07) is 6.94. The van der Waals surface area contributed by atoms with Crippen LogP contribution in [0.2, 0.25) is 0 Å². The lowest BCUT2D eigenvalue weighted by atomic mass is 9.75. The van der Waals surface area contributed by atoms with E-state index in [1.54, 1.807) is 12.1 Å². The molecule has 1 heterocycles. The molecule has 20 heavy (non-hydrogen) atoms. The van der Waals surface area contributed by atoms with Gasteiger partial charge in [0.2, 0.25) is 0 Å². The summed E-state index contributed by atoms with van der Waals surface area (Å²) < 4.78 is 18.5. The minimum absolute atomic E-state index is 0.160. The highest BCUT2D eigenvalue weighted by Crippen LogP contribution is 2.33. The first-order valence-corrected chi connectivity index (χ1v) is 7.63. The van der Waals surface area contributed by atoms with Crippen LogP contribution in [0.1, 0.15) is 32.3 Å². The van der Waals surface area contributed by atoms with Crippen molar-refractivity contribution in [3.63, 3.8) is 0 Å². The fraction of sp³-hybridized carbons (Fsp3) is 0.647. The smallest absolute Gasteiger partial charge is 0.123 e. The lowest BCUT2D eigenvalue weighted by molar-refractivity contribution is 0.0147. The molecule has 1 aromatic rings. The first kappa shape index (κ1) is 15.5. The van der Waals surface area contributed by atoms with E-state index in [4.69, 9.17) is 4.74 Å². The van der Waals surface area contributed by atoms with Crippen molar-refractivity contribution in [1.29, 1.82) is 0 Å². The Balaban J connectivity index is 2.00. The molecule has 2 rings (SSSR count). The van der Waals surface area contributed by atoms with Crippen molar-refractivity contribution < 1.29 is 9.13 Å². The van der Waals surface area contributed by atoms with Crippen molar-refractivity contribution in [3.05, 3.63) is 35.6 Å². The Bertz CT molecular complexity index is 396. The van der Waals surface area contributed by atoms with Crippen LogP contribution in [0, 0.1) is 17.2 Å². The molecule has 0 aromatic heterocycles. The number of hydrogen-bond donors (Lipinski definition) is 1. The fourth-order valence-electron chi connectivity index (χ4n) is 2.88. The van der Waals surface area contributed by atoms with Gasteiger partial charge >= 0.3 is 0 Å². The van der Waals surface area contributed by atoms with Gasteiger partial charge in [-0.2, -0.15) is 0 Å². The zero-order valence-corrected chi connectivity index (χ0v) is 12.6. The summed E-state index contributed by atoms with van der Waals surface area (Å²) >= 11 is 0. The van der Waals surface area contributed by atoms with Crippen LogP contribution in [-0.2, 0) is 11.2 Å². The van der Waals surface area contributed by atoms with Gasteiger partial charge in [0.05, 0.1) is 0 Å². The molecule has 0 radical (unpaired) electrons. The number of halogens is 1. The highest BCUT2D eigenvalue weighted by molar-refractivity contribution is 5.18. The number of ether oxygens (including phenoxy) is 1. The lowest BCUT2D eigenvalue weighted by Crippen LogP contribution is -2.41. The van der Waals surface area contributed by atoms with E-state index in [0.717, 1.165) is 45.6 Å². The molecule has 1 N–H and O–H groups in total. The number of nitrogens with one attached hydrogen (secondary N) is 1. The zero-order chi connectivity index (χ0) is 14.4. The minimum atomic E-state index is -0.160. The summed E-state index contributed by atoms with van der Waals surface area (Å²) in [7, 11) is 0. The van der Waals surface area contributed by atoms with Gasteiger partial charge in [0.1, 0.15) is 5.82 Å². The van der Waals surface area contributed by atoms with Crippen molar-refractivity contribution in [2.75, 3.05) is 26.3 Å². The predicted octanol–water partition coefficient (Wildman–Crippen LogP) is 3.41. The van der Waals surface area contributed by atoms with Gasteiger partial charge in [-0.05, 0) is 54.8 Å². The normalized spacial score (nSPS) is 18.4. The molecule has 0 aliphatic carbocycles. The minimum Gasteiger partial charge on any atom is -0.381 e. The van der Waals surface area contributed by atoms with Crippen molar-refractivity contribution in [1.82, 2.24) is 5.32 Å². The summed E-state index contributed by atoms with van der Waals surface area (Å²) in [5, 5.41) is 3.60. The molecule has 0 amide bonds. The van der Waals surface area contributed by atoms with Gasteiger partial charge in [-0.1, -0.05) is 26.0 Å². The lowest BCUT2D eigenvalue weighted by Gasteiger charge is -2.38. The molecule has 3 heteroatoms. The third-order valence-corrected chi connectivity index (χ3v) is 4.10. The Morgan fingerprint density at radius 2 is 1.85 bits per heavy atom. The van der Waals surface area contributed by atoms with E-state index in [2.05, 4.69) is 19.2 Å². The molecule has 112 valence electrons. The quantitative estimate of drug-likeness (QED) is 0.861. The van der Waals surface area contributed by atoms with Crippen LogP contribution >= 0.6 is 0 Å². The van der Waals surface area contributed by atoms with E-state index in [9.17, 15) is 4.39 Å². The van der Waals surface area contributed by atoms with Crippen molar-refractivity contribution in [3.8, 4) is 0 Å². The van der Waals surface area contributed by atoms with Gasteiger partial charge < -0.3 is 10.1 Å². The van der Waals surface area contributed by atoms with Gasteiger partial charge in [-0.3, -0.25) is 0 Å². The van der Waals surface area contributed by atoms with E-state index < -0.39 is 0 Å². The number of benzene rings is 1. The fourth-order valence-corrected chi connectivity index (χ4v) is 2.88. The Hall–Kier alpha value is -0.930. The summed E-state index contributed by atoms with van der Waals surface area (Å²) in [6.07, 6.45) is 3.16. The molecule has 1 saturated heterocycles. The molecular weight excluding hydrogens is 253 g/mol. The molecule has 0 bridgehead atoms. The van der Waals surface area contributed by atoms with Gasteiger partial charge in [0.15, 0.2) is 0 Å². The highest BCUT2D eigenvalue weighted by Gasteiger charge is 2.32. The largest absolute Gasteiger partial charge is 0.381 e. The Morgan fingerprint density at radius 1 is 1.20 bits per heavy atom. The summed E-state index contributed by atoms with van der Waals surface area (Å²) in [4.78, 5) is 0. The summed E-state index contributed by atoms with van der Waals surface area (Å²) in [5.74, 6) is 0.505. The molecule has 0 unspecified atom stereocenters. The van der Waals surface area contributed by atoms with E-state index in [1.807, 2.05) is 12.1 Å². The third-order valence-electron chi connectivity index (χ3n) is 4.10. The molecule has 1 aliphatic heterocycles. The van der Waals surface area contributed by atoms with Crippen molar-refractivity contribution in [2.24, 2.45) is 11.3 Å². The van der Waals surface area contributed by atoms with Gasteiger partial charge in [-0.25, -0.2) is 4.39 Å². The molecule has 2 nitrogen and oxygen atoms in total. The predicted molar refractivity (Wildman–Crippen MR) is 80.3 cm³/mol. The van der Waals surface area contributed by atoms with Gasteiger partial charge in [0, 0.05) is 19.8 Å². The van der Waals surface area contributed by atoms with Crippen molar-refractivity contribution >= 4 is 0 Å². The van der Waals surface area contributed by atoms with E-state index in [1.165, 1.54) is 5.56 Å². The molecule has 0 spiro atoms. The van der Waals surface area contributed by atoms with Crippen LogP contribution in [0.5, 0.6) is 0 Å². The maximum atomic E-state index is 13.0.